The van der Waals surface area contributed by atoms with Crippen molar-refractivity contribution in [3.63, 3.8) is 0 Å². The van der Waals surface area contributed by atoms with E-state index in [4.69, 9.17) is 9.52 Å². The van der Waals surface area contributed by atoms with Crippen LogP contribution in [0.2, 0.25) is 0 Å². The van der Waals surface area contributed by atoms with Gasteiger partial charge in [0.2, 0.25) is 0 Å². The van der Waals surface area contributed by atoms with Gasteiger partial charge >= 0.3 is 5.76 Å². The van der Waals surface area contributed by atoms with Crippen molar-refractivity contribution in [3.8, 4) is 11.3 Å². The Morgan fingerprint density at radius 1 is 1.50 bits per heavy atom. The number of halogens is 1. The maximum atomic E-state index is 11.5. The molecule has 0 spiro atoms. The zero-order chi connectivity index (χ0) is 14.3. The molecule has 0 saturated carbocycles. The molecule has 6 nitrogen and oxygen atoms in total. The van der Waals surface area contributed by atoms with E-state index in [1.807, 2.05) is 12.1 Å². The molecular formula is C13H12BrN3O3. The second-order valence-electron chi connectivity index (χ2n) is 4.43. The van der Waals surface area contributed by atoms with E-state index in [1.54, 1.807) is 13.1 Å². The molecule has 7 heteroatoms. The normalized spacial score (nSPS) is 11.3. The van der Waals surface area contributed by atoms with Crippen LogP contribution in [-0.2, 0) is 13.5 Å². The van der Waals surface area contributed by atoms with Gasteiger partial charge in [-0.25, -0.2) is 9.78 Å². The number of rotatable bonds is 3. The Morgan fingerprint density at radius 2 is 2.30 bits per heavy atom. The molecule has 0 radical (unpaired) electrons. The first-order chi connectivity index (χ1) is 9.60. The van der Waals surface area contributed by atoms with E-state index < -0.39 is 0 Å². The van der Waals surface area contributed by atoms with E-state index in [2.05, 4.69) is 25.9 Å². The number of aliphatic hydroxyl groups excluding tert-OH is 1. The number of H-pyrrole nitrogens is 1. The highest BCUT2D eigenvalue weighted by Crippen LogP contribution is 2.28. The lowest BCUT2D eigenvalue weighted by Gasteiger charge is -1.98. The summed E-state index contributed by atoms with van der Waals surface area (Å²) in [5.41, 5.74) is 2.86. The Hall–Kier alpha value is -1.86. The number of nitrogens with zero attached hydrogens (tertiary/aromatic N) is 2. The molecule has 0 bridgehead atoms. The molecule has 0 fully saturated rings. The topological polar surface area (TPSA) is 84.1 Å². The van der Waals surface area contributed by atoms with Crippen LogP contribution in [0.15, 0.2) is 32.0 Å². The van der Waals surface area contributed by atoms with Crippen LogP contribution in [0, 0.1) is 0 Å². The molecule has 2 N–H and O–H groups in total. The molecule has 0 aliphatic rings. The van der Waals surface area contributed by atoms with Crippen LogP contribution < -0.4 is 5.76 Å². The molecule has 20 heavy (non-hydrogen) atoms. The number of aromatic nitrogens is 3. The largest absolute Gasteiger partial charge is 0.419 e. The Bertz CT molecular complexity index is 831. The zero-order valence-corrected chi connectivity index (χ0v) is 12.3. The van der Waals surface area contributed by atoms with Gasteiger partial charge in [-0.2, -0.15) is 0 Å². The molecule has 3 aromatic rings. The fraction of sp³-hybridized carbons (Fsp3) is 0.231. The highest BCUT2D eigenvalue weighted by Gasteiger charge is 2.13. The zero-order valence-electron chi connectivity index (χ0n) is 10.7. The van der Waals surface area contributed by atoms with Crippen LogP contribution in [0.1, 0.15) is 5.82 Å². The molecule has 0 amide bonds. The summed E-state index contributed by atoms with van der Waals surface area (Å²) in [6.07, 6.45) is 0.463. The van der Waals surface area contributed by atoms with Gasteiger partial charge in [0.1, 0.15) is 16.1 Å². The minimum Gasteiger partial charge on any atom is -0.408 e. The average Bonchev–Trinajstić information content (AvgIpc) is 2.92. The maximum absolute atomic E-state index is 11.5. The number of nitrogens with one attached hydrogen (secondary N) is 1. The van der Waals surface area contributed by atoms with Crippen molar-refractivity contribution in [1.82, 2.24) is 14.5 Å². The van der Waals surface area contributed by atoms with E-state index in [0.29, 0.717) is 23.3 Å². The number of aliphatic hydroxyl groups is 1. The Balaban J connectivity index is 2.14. The molecular weight excluding hydrogens is 326 g/mol. The van der Waals surface area contributed by atoms with E-state index in [-0.39, 0.29) is 12.4 Å². The Morgan fingerprint density at radius 3 is 3.05 bits per heavy atom. The number of benzene rings is 1. The summed E-state index contributed by atoms with van der Waals surface area (Å²) in [4.78, 5) is 19.0. The number of hydrogen-bond acceptors (Lipinski definition) is 4. The molecule has 104 valence electrons. The van der Waals surface area contributed by atoms with Gasteiger partial charge in [-0.1, -0.05) is 0 Å². The van der Waals surface area contributed by atoms with Crippen LogP contribution in [-0.4, -0.2) is 26.2 Å². The lowest BCUT2D eigenvalue weighted by Crippen LogP contribution is -2.08. The Labute approximate surface area is 122 Å². The number of oxazole rings is 1. The van der Waals surface area contributed by atoms with Gasteiger partial charge in [0.15, 0.2) is 5.58 Å². The van der Waals surface area contributed by atoms with E-state index in [0.717, 1.165) is 15.9 Å². The summed E-state index contributed by atoms with van der Waals surface area (Å²) in [5, 5.41) is 8.95. The predicted molar refractivity (Wildman–Crippen MR) is 77.5 cm³/mol. The third kappa shape index (κ3) is 2.08. The molecule has 0 atom stereocenters. The minimum absolute atomic E-state index is 0.0364. The maximum Gasteiger partial charge on any atom is 0.419 e. The smallest absolute Gasteiger partial charge is 0.408 e. The number of aromatic amines is 1. The van der Waals surface area contributed by atoms with Crippen molar-refractivity contribution >= 4 is 27.0 Å². The third-order valence-electron chi connectivity index (χ3n) is 3.12. The monoisotopic (exact) mass is 337 g/mol. The van der Waals surface area contributed by atoms with Gasteiger partial charge in [0.25, 0.3) is 0 Å². The molecule has 1 aromatic carbocycles. The molecule has 0 unspecified atom stereocenters. The Kier molecular flexibility index (Phi) is 3.23. The third-order valence-corrected chi connectivity index (χ3v) is 3.70. The number of fused-ring (bicyclic) bond motifs is 1. The van der Waals surface area contributed by atoms with Crippen molar-refractivity contribution < 1.29 is 9.52 Å². The van der Waals surface area contributed by atoms with Gasteiger partial charge in [0, 0.05) is 19.0 Å². The molecule has 0 aliphatic heterocycles. The van der Waals surface area contributed by atoms with E-state index in [1.165, 1.54) is 4.57 Å². The highest BCUT2D eigenvalue weighted by molar-refractivity contribution is 9.10. The second kappa shape index (κ2) is 4.92. The fourth-order valence-corrected chi connectivity index (χ4v) is 2.63. The van der Waals surface area contributed by atoms with Gasteiger partial charge in [0.05, 0.1) is 12.1 Å². The van der Waals surface area contributed by atoms with Gasteiger partial charge in [-0.3, -0.25) is 4.57 Å². The standard InChI is InChI=1S/C13H12BrN3O3/c1-17-8-6-7(2-3-9(8)20-13(17)19)11-12(14)16-10(15-11)4-5-18/h2-3,6,18H,4-5H2,1H3,(H,15,16). The lowest BCUT2D eigenvalue weighted by atomic mass is 10.1. The summed E-state index contributed by atoms with van der Waals surface area (Å²) in [7, 11) is 1.66. The summed E-state index contributed by atoms with van der Waals surface area (Å²) >= 11 is 3.42. The van der Waals surface area contributed by atoms with Crippen LogP contribution in [0.25, 0.3) is 22.4 Å². The van der Waals surface area contributed by atoms with Crippen LogP contribution in [0.3, 0.4) is 0 Å². The number of aryl methyl sites for hydroxylation is 1. The van der Waals surface area contributed by atoms with E-state index >= 15 is 0 Å². The van der Waals surface area contributed by atoms with Crippen LogP contribution in [0.5, 0.6) is 0 Å². The highest BCUT2D eigenvalue weighted by atomic mass is 79.9. The summed E-state index contributed by atoms with van der Waals surface area (Å²) in [6.45, 7) is 0.0364. The first-order valence-corrected chi connectivity index (χ1v) is 6.84. The van der Waals surface area contributed by atoms with Gasteiger partial charge in [-0.05, 0) is 34.1 Å². The SMILES string of the molecule is Cn1c(=O)oc2ccc(-c3nc(CCO)[nH]c3Br)cc21. The number of hydrogen-bond donors (Lipinski definition) is 2. The molecule has 2 heterocycles. The molecule has 0 saturated heterocycles. The van der Waals surface area contributed by atoms with Crippen LogP contribution >= 0.6 is 15.9 Å². The first kappa shape index (κ1) is 13.1. The van der Waals surface area contributed by atoms with Crippen molar-refractivity contribution in [3.05, 3.63) is 39.2 Å². The van der Waals surface area contributed by atoms with Crippen molar-refractivity contribution in [2.45, 2.75) is 6.42 Å². The number of imidazole rings is 1. The lowest BCUT2D eigenvalue weighted by molar-refractivity contribution is 0.297. The minimum atomic E-state index is -0.390. The molecule has 0 aliphatic carbocycles. The van der Waals surface area contributed by atoms with Crippen molar-refractivity contribution in [2.24, 2.45) is 7.05 Å². The predicted octanol–water partition coefficient (Wildman–Crippen LogP) is 1.82. The fourth-order valence-electron chi connectivity index (χ4n) is 2.09. The quantitative estimate of drug-likeness (QED) is 0.763. The summed E-state index contributed by atoms with van der Waals surface area (Å²) < 4.78 is 7.29. The van der Waals surface area contributed by atoms with Gasteiger partial charge in [-0.15, -0.1) is 0 Å². The molecule has 2 aromatic heterocycles. The summed E-state index contributed by atoms with van der Waals surface area (Å²) in [6, 6.07) is 5.44. The van der Waals surface area contributed by atoms with Crippen LogP contribution in [0.4, 0.5) is 0 Å². The van der Waals surface area contributed by atoms with E-state index in [9.17, 15) is 4.79 Å². The van der Waals surface area contributed by atoms with Crippen molar-refractivity contribution in [1.29, 1.82) is 0 Å². The molecule has 3 rings (SSSR count). The van der Waals surface area contributed by atoms with Gasteiger partial charge < -0.3 is 14.5 Å². The first-order valence-electron chi connectivity index (χ1n) is 6.05. The average molecular weight is 338 g/mol. The second-order valence-corrected chi connectivity index (χ2v) is 5.22. The summed E-state index contributed by atoms with van der Waals surface area (Å²) in [5.74, 6) is 0.315. The van der Waals surface area contributed by atoms with Crippen molar-refractivity contribution in [2.75, 3.05) is 6.61 Å².